The smallest absolute Gasteiger partial charge is 0.320 e. The number of imidazole rings is 1. The molecule has 5 unspecified atom stereocenters. The average molecular weight is 739 g/mol. The normalized spacial score (nSPS) is 27.9. The molecule has 50 heavy (non-hydrogen) atoms. The summed E-state index contributed by atoms with van der Waals surface area (Å²) >= 11 is 3.12. The largest absolute Gasteiger partial charge is 0.480 e. The SMILES string of the molecule is NC(CCSCC1OC(n2cnc3c(NC(=O)CCCCCNC(=O)CCCC[C@@H]4SCC5NC(=O)NC54N)ncnc32)[C@H](O)[C@@H]1O)C(=O)O. The summed E-state index contributed by atoms with van der Waals surface area (Å²) < 4.78 is 7.42. The van der Waals surface area contributed by atoms with Crippen LogP contribution in [0.25, 0.3) is 11.2 Å². The van der Waals surface area contributed by atoms with Crippen LogP contribution in [-0.2, 0) is 19.1 Å². The van der Waals surface area contributed by atoms with Crippen LogP contribution in [0.5, 0.6) is 0 Å². The van der Waals surface area contributed by atoms with Crippen molar-refractivity contribution in [2.75, 3.05) is 29.1 Å². The van der Waals surface area contributed by atoms with E-state index in [1.54, 1.807) is 11.8 Å². The fourth-order valence-corrected chi connectivity index (χ4v) is 8.94. The number of urea groups is 1. The minimum Gasteiger partial charge on any atom is -0.480 e. The molecule has 11 N–H and O–H groups in total. The molecule has 0 aliphatic carbocycles. The van der Waals surface area contributed by atoms with Crippen LogP contribution in [0.15, 0.2) is 12.7 Å². The number of carboxylic acid groups (broad SMARTS) is 1. The van der Waals surface area contributed by atoms with E-state index in [-0.39, 0.29) is 47.8 Å². The molecule has 3 saturated heterocycles. The maximum absolute atomic E-state index is 12.7. The van der Waals surface area contributed by atoms with Crippen molar-refractivity contribution < 1.29 is 39.2 Å². The number of aromatic nitrogens is 4. The molecule has 0 aromatic carbocycles. The number of rotatable bonds is 19. The third-order valence-corrected chi connectivity index (χ3v) is 11.8. The number of thioether (sulfide) groups is 2. The van der Waals surface area contributed by atoms with E-state index in [1.807, 2.05) is 0 Å². The van der Waals surface area contributed by atoms with E-state index in [9.17, 15) is 29.4 Å². The van der Waals surface area contributed by atoms with Gasteiger partial charge in [0.15, 0.2) is 23.2 Å². The Morgan fingerprint density at radius 3 is 2.70 bits per heavy atom. The number of nitrogens with zero attached hydrogens (tertiary/aromatic N) is 4. The van der Waals surface area contributed by atoms with Gasteiger partial charge in [0.1, 0.15) is 30.2 Å². The molecule has 0 radical (unpaired) electrons. The molecule has 8 atom stereocenters. The van der Waals surface area contributed by atoms with E-state index in [4.69, 9.17) is 21.3 Å². The van der Waals surface area contributed by atoms with Crippen LogP contribution in [0.4, 0.5) is 10.6 Å². The summed E-state index contributed by atoms with van der Waals surface area (Å²) in [4.78, 5) is 60.2. The highest BCUT2D eigenvalue weighted by molar-refractivity contribution is 8.00. The van der Waals surface area contributed by atoms with Crippen molar-refractivity contribution in [2.45, 2.75) is 105 Å². The van der Waals surface area contributed by atoms with Crippen molar-refractivity contribution in [1.29, 1.82) is 0 Å². The first-order chi connectivity index (χ1) is 24.0. The van der Waals surface area contributed by atoms with E-state index >= 15 is 0 Å². The summed E-state index contributed by atoms with van der Waals surface area (Å²) in [6.07, 6.45) is 3.90. The number of carboxylic acids is 1. The van der Waals surface area contributed by atoms with Gasteiger partial charge in [-0.1, -0.05) is 12.8 Å². The molecule has 20 heteroatoms. The van der Waals surface area contributed by atoms with E-state index in [2.05, 4.69) is 36.2 Å². The van der Waals surface area contributed by atoms with Gasteiger partial charge in [-0.15, -0.1) is 0 Å². The number of aliphatic hydroxyl groups is 2. The van der Waals surface area contributed by atoms with Crippen LogP contribution in [0.2, 0.25) is 0 Å². The molecule has 2 aromatic rings. The number of aliphatic carboxylic acids is 1. The highest BCUT2D eigenvalue weighted by Gasteiger charge is 2.53. The number of nitrogens with one attached hydrogen (secondary N) is 4. The maximum atomic E-state index is 12.7. The van der Waals surface area contributed by atoms with E-state index in [1.165, 1.54) is 29.0 Å². The van der Waals surface area contributed by atoms with E-state index in [0.717, 1.165) is 37.9 Å². The summed E-state index contributed by atoms with van der Waals surface area (Å²) in [5, 5.41) is 41.7. The van der Waals surface area contributed by atoms with Gasteiger partial charge in [-0.05, 0) is 37.9 Å². The number of carbonyl (C=O) groups excluding carboxylic acids is 3. The summed E-state index contributed by atoms with van der Waals surface area (Å²) in [5.41, 5.74) is 11.8. The van der Waals surface area contributed by atoms with Gasteiger partial charge in [0, 0.05) is 36.1 Å². The van der Waals surface area contributed by atoms with E-state index < -0.39 is 42.2 Å². The lowest BCUT2D eigenvalue weighted by Crippen LogP contribution is -2.61. The fraction of sp³-hybridized carbons (Fsp3) is 0.700. The molecule has 5 heterocycles. The van der Waals surface area contributed by atoms with Crippen molar-refractivity contribution in [1.82, 2.24) is 35.5 Å². The highest BCUT2D eigenvalue weighted by Crippen LogP contribution is 2.38. The Hall–Kier alpha value is -3.27. The Morgan fingerprint density at radius 2 is 1.90 bits per heavy atom. The predicted octanol–water partition coefficient (Wildman–Crippen LogP) is -0.392. The topological polar surface area (TPSA) is 282 Å². The van der Waals surface area contributed by atoms with Crippen LogP contribution >= 0.6 is 23.5 Å². The standard InChI is InChI=1S/C30H46N10O8S2/c31-16(28(45)46)9-11-49-12-17-23(43)24(44)27(48-17)40-15-36-22-25(34-14-35-26(22)40)38-21(42)8-2-1-5-10-33-20(41)7-4-3-6-19-30(32)18(13-50-19)37-29(47)39-30/h14-19,23-24,27,43-44H,1-13,31-32H2,(H,33,41)(H,45,46)(H2,37,39,47)(H,34,35,38,42)/t16?,17?,18?,19-,23+,24+,27?,30?/m0/s1. The number of aliphatic hydroxyl groups excluding tert-OH is 2. The second kappa shape index (κ2) is 17.3. The molecule has 5 rings (SSSR count). The van der Waals surface area contributed by atoms with Gasteiger partial charge < -0.3 is 52.8 Å². The minimum atomic E-state index is -1.28. The zero-order valence-electron chi connectivity index (χ0n) is 27.5. The third kappa shape index (κ3) is 9.14. The molecule has 3 aliphatic heterocycles. The molecular formula is C30H46N10O8S2. The van der Waals surface area contributed by atoms with Gasteiger partial charge >= 0.3 is 12.0 Å². The molecule has 4 amide bonds. The van der Waals surface area contributed by atoms with Crippen LogP contribution in [0.1, 0.15) is 64.0 Å². The number of amides is 4. The second-order valence-electron chi connectivity index (χ2n) is 12.8. The third-order valence-electron chi connectivity index (χ3n) is 9.13. The Labute approximate surface area is 297 Å². The van der Waals surface area contributed by atoms with Crippen LogP contribution in [-0.4, -0.2) is 124 Å². The van der Waals surface area contributed by atoms with Crippen LogP contribution in [0, 0.1) is 0 Å². The minimum absolute atomic E-state index is 0.0113. The number of carbonyl (C=O) groups is 4. The number of nitrogens with two attached hydrogens (primary N) is 2. The van der Waals surface area contributed by atoms with Gasteiger partial charge in [0.2, 0.25) is 11.8 Å². The zero-order chi connectivity index (χ0) is 35.8. The van der Waals surface area contributed by atoms with E-state index in [0.29, 0.717) is 42.1 Å². The lowest BCUT2D eigenvalue weighted by molar-refractivity contribution is -0.138. The average Bonchev–Trinajstić information content (AvgIpc) is 3.80. The number of hydrogen-bond acceptors (Lipinski definition) is 14. The predicted molar refractivity (Wildman–Crippen MR) is 186 cm³/mol. The molecule has 2 aromatic heterocycles. The molecule has 3 aliphatic rings. The monoisotopic (exact) mass is 738 g/mol. The summed E-state index contributed by atoms with van der Waals surface area (Å²) in [7, 11) is 0. The van der Waals surface area contributed by atoms with Crippen molar-refractivity contribution in [3.05, 3.63) is 12.7 Å². The first-order valence-electron chi connectivity index (χ1n) is 16.8. The highest BCUT2D eigenvalue weighted by atomic mass is 32.2. The summed E-state index contributed by atoms with van der Waals surface area (Å²) in [6, 6.07) is -1.25. The van der Waals surface area contributed by atoms with Crippen molar-refractivity contribution >= 4 is 64.3 Å². The fourth-order valence-electron chi connectivity index (χ4n) is 6.23. The Balaban J connectivity index is 0.971. The number of hydrogen-bond donors (Lipinski definition) is 9. The Bertz CT molecular complexity index is 1520. The molecule has 18 nitrogen and oxygen atoms in total. The van der Waals surface area contributed by atoms with Gasteiger partial charge in [-0.2, -0.15) is 23.5 Å². The van der Waals surface area contributed by atoms with Gasteiger partial charge in [-0.3, -0.25) is 19.0 Å². The number of anilines is 1. The van der Waals surface area contributed by atoms with Crippen molar-refractivity contribution in [3.63, 3.8) is 0 Å². The van der Waals surface area contributed by atoms with Gasteiger partial charge in [0.25, 0.3) is 0 Å². The molecule has 0 spiro atoms. The molecule has 276 valence electrons. The van der Waals surface area contributed by atoms with Crippen molar-refractivity contribution in [2.24, 2.45) is 11.5 Å². The number of ether oxygens (including phenoxy) is 1. The van der Waals surface area contributed by atoms with Crippen LogP contribution < -0.4 is 32.7 Å². The quantitative estimate of drug-likeness (QED) is 0.0655. The molecule has 0 bridgehead atoms. The summed E-state index contributed by atoms with van der Waals surface area (Å²) in [6.45, 7) is 0.524. The zero-order valence-corrected chi connectivity index (χ0v) is 29.2. The van der Waals surface area contributed by atoms with Gasteiger partial charge in [-0.25, -0.2) is 19.7 Å². The first kappa shape index (κ1) is 38.0. The van der Waals surface area contributed by atoms with Crippen molar-refractivity contribution in [3.8, 4) is 0 Å². The number of unbranched alkanes of at least 4 members (excludes halogenated alkanes) is 3. The summed E-state index contributed by atoms with van der Waals surface area (Å²) in [5.74, 6) is 0.406. The second-order valence-corrected chi connectivity index (χ2v) is 15.1. The lowest BCUT2D eigenvalue weighted by Gasteiger charge is -2.29. The molecule has 3 fully saturated rings. The Morgan fingerprint density at radius 1 is 1.12 bits per heavy atom. The molecule has 0 saturated carbocycles. The molecular weight excluding hydrogens is 693 g/mol. The van der Waals surface area contributed by atoms with Gasteiger partial charge in [0.05, 0.1) is 18.5 Å². The first-order valence-corrected chi connectivity index (χ1v) is 19.0. The Kier molecular flexibility index (Phi) is 13.1. The lowest BCUT2D eigenvalue weighted by atomic mass is 9.96. The maximum Gasteiger partial charge on any atom is 0.320 e. The van der Waals surface area contributed by atoms with Crippen LogP contribution in [0.3, 0.4) is 0 Å². The number of fused-ring (bicyclic) bond motifs is 2.